The predicted molar refractivity (Wildman–Crippen MR) is 135 cm³/mol. The number of ether oxygens (including phenoxy) is 4. The zero-order valence-electron chi connectivity index (χ0n) is 22.3. The number of aliphatic hydroxyl groups excluding tert-OH is 1. The third kappa shape index (κ3) is 11.3. The first-order valence-corrected chi connectivity index (χ1v) is 12.3. The maximum atomic E-state index is 12.1. The highest BCUT2D eigenvalue weighted by Crippen LogP contribution is 2.34. The topological polar surface area (TPSA) is 116 Å². The molecule has 4 atom stereocenters. The molecule has 0 saturated carbocycles. The van der Waals surface area contributed by atoms with Crippen LogP contribution in [0.4, 0.5) is 0 Å². The van der Waals surface area contributed by atoms with Gasteiger partial charge in [0.25, 0.3) is 0 Å². The molecule has 0 aromatic heterocycles. The summed E-state index contributed by atoms with van der Waals surface area (Å²) in [6, 6.07) is -0.227. The average Bonchev–Trinajstić information content (AvgIpc) is 2.73. The average molecular weight is 496 g/mol. The molecule has 2 aliphatic heterocycles. The molecular formula is C26H45N3O6. The highest BCUT2D eigenvalue weighted by atomic mass is 16.7. The quantitative estimate of drug-likeness (QED) is 0.240. The molecule has 0 aromatic rings. The molecule has 0 radical (unpaired) electrons. The molecule has 1 unspecified atom stereocenters. The van der Waals surface area contributed by atoms with E-state index < -0.39 is 12.5 Å². The van der Waals surface area contributed by atoms with Crippen molar-refractivity contribution in [3.63, 3.8) is 0 Å². The number of amides is 1. The minimum atomic E-state index is -1.03. The van der Waals surface area contributed by atoms with Gasteiger partial charge in [0.2, 0.25) is 12.3 Å². The Bertz CT molecular complexity index is 753. The van der Waals surface area contributed by atoms with Crippen molar-refractivity contribution in [2.45, 2.75) is 96.0 Å². The van der Waals surface area contributed by atoms with E-state index in [1.807, 2.05) is 6.92 Å². The van der Waals surface area contributed by atoms with Crippen molar-refractivity contribution >= 4 is 5.91 Å². The number of hydrogen-bond acceptors (Lipinski definition) is 8. The summed E-state index contributed by atoms with van der Waals surface area (Å²) in [4.78, 5) is 13.7. The molecule has 35 heavy (non-hydrogen) atoms. The SMILES string of the molecule is CC(/C=C/[C@@H]1C[C@@](C)(N)CC(C)(C)O1)=C\CC1OCC(NC(=O)/C=C\[C@H](C)OC(O)N(C)C)CO1. The van der Waals surface area contributed by atoms with Gasteiger partial charge in [0.15, 0.2) is 6.29 Å². The van der Waals surface area contributed by atoms with Crippen LogP contribution in [0.1, 0.15) is 53.9 Å². The van der Waals surface area contributed by atoms with Gasteiger partial charge in [0, 0.05) is 18.0 Å². The summed E-state index contributed by atoms with van der Waals surface area (Å²) in [6.45, 7) is 10.8. The van der Waals surface area contributed by atoms with Gasteiger partial charge in [-0.15, -0.1) is 0 Å². The Labute approximate surface area is 210 Å². The number of nitrogens with two attached hydrogens (primary N) is 1. The molecule has 2 fully saturated rings. The van der Waals surface area contributed by atoms with Crippen molar-refractivity contribution in [2.24, 2.45) is 5.73 Å². The molecule has 0 aliphatic carbocycles. The van der Waals surface area contributed by atoms with E-state index in [1.165, 1.54) is 11.0 Å². The van der Waals surface area contributed by atoms with Crippen LogP contribution in [0.3, 0.4) is 0 Å². The summed E-state index contributed by atoms with van der Waals surface area (Å²) in [5.41, 5.74) is 7.02. The molecule has 0 spiro atoms. The molecule has 0 bridgehead atoms. The molecule has 1 amide bonds. The summed E-state index contributed by atoms with van der Waals surface area (Å²) in [6.07, 6.45) is 9.63. The Morgan fingerprint density at radius 3 is 2.51 bits per heavy atom. The van der Waals surface area contributed by atoms with Crippen LogP contribution in [0.2, 0.25) is 0 Å². The van der Waals surface area contributed by atoms with Gasteiger partial charge in [-0.25, -0.2) is 0 Å². The van der Waals surface area contributed by atoms with E-state index in [2.05, 4.69) is 44.3 Å². The van der Waals surface area contributed by atoms with Crippen molar-refractivity contribution in [1.29, 1.82) is 0 Å². The fourth-order valence-corrected chi connectivity index (χ4v) is 4.31. The predicted octanol–water partition coefficient (Wildman–Crippen LogP) is 2.21. The number of nitrogens with one attached hydrogen (secondary N) is 1. The first-order valence-electron chi connectivity index (χ1n) is 12.3. The molecule has 9 heteroatoms. The van der Waals surface area contributed by atoms with Gasteiger partial charge in [0.05, 0.1) is 37.1 Å². The number of nitrogens with zero attached hydrogens (tertiary/aromatic N) is 1. The maximum Gasteiger partial charge on any atom is 0.244 e. The van der Waals surface area contributed by atoms with Crippen LogP contribution < -0.4 is 11.1 Å². The number of carbonyl (C=O) groups is 1. The van der Waals surface area contributed by atoms with Crippen LogP contribution in [0.25, 0.3) is 0 Å². The van der Waals surface area contributed by atoms with E-state index in [9.17, 15) is 9.90 Å². The normalized spacial score (nSPS) is 31.7. The Morgan fingerprint density at radius 2 is 1.91 bits per heavy atom. The summed E-state index contributed by atoms with van der Waals surface area (Å²) < 4.78 is 23.0. The Hall–Kier alpha value is -1.59. The molecule has 200 valence electrons. The van der Waals surface area contributed by atoms with Crippen LogP contribution in [0.15, 0.2) is 36.0 Å². The standard InChI is InChI=1S/C26H45N3O6/c1-18(8-11-21-14-26(5,27)17-25(3,4)35-21)9-13-23-32-15-20(16-33-23)28-22(30)12-10-19(2)34-24(31)29(6)7/h8-12,19-21,23-24,31H,13-17,27H2,1-7H3,(H,28,30)/b11-8+,12-10-,18-9+/t19-,20?,21+,23?,24?,26+/m0/s1. The third-order valence-electron chi connectivity index (χ3n) is 5.78. The number of carbonyl (C=O) groups excluding carboxylic acids is 1. The largest absolute Gasteiger partial charge is 0.368 e. The second-order valence-electron chi connectivity index (χ2n) is 10.8. The number of hydrogen-bond donors (Lipinski definition) is 3. The molecule has 4 N–H and O–H groups in total. The highest BCUT2D eigenvalue weighted by molar-refractivity contribution is 5.87. The Balaban J connectivity index is 1.71. The lowest BCUT2D eigenvalue weighted by Crippen LogP contribution is -2.52. The molecule has 2 aliphatic rings. The maximum absolute atomic E-state index is 12.1. The lowest BCUT2D eigenvalue weighted by molar-refractivity contribution is -0.190. The fraction of sp³-hybridized carbons (Fsp3) is 0.731. The van der Waals surface area contributed by atoms with Crippen LogP contribution in [-0.2, 0) is 23.7 Å². The van der Waals surface area contributed by atoms with Gasteiger partial charge in [-0.05, 0) is 61.6 Å². The van der Waals surface area contributed by atoms with Gasteiger partial charge in [-0.3, -0.25) is 9.69 Å². The number of aliphatic hydroxyl groups is 1. The third-order valence-corrected chi connectivity index (χ3v) is 5.78. The second-order valence-corrected chi connectivity index (χ2v) is 10.8. The minimum Gasteiger partial charge on any atom is -0.368 e. The van der Waals surface area contributed by atoms with Crippen molar-refractivity contribution in [3.05, 3.63) is 36.0 Å². The van der Waals surface area contributed by atoms with Crippen LogP contribution in [0, 0.1) is 0 Å². The van der Waals surface area contributed by atoms with Crippen molar-refractivity contribution in [2.75, 3.05) is 27.3 Å². The zero-order valence-corrected chi connectivity index (χ0v) is 22.3. The monoisotopic (exact) mass is 495 g/mol. The molecule has 9 nitrogen and oxygen atoms in total. The lowest BCUT2D eigenvalue weighted by atomic mass is 9.81. The molecule has 2 saturated heterocycles. The van der Waals surface area contributed by atoms with E-state index in [-0.39, 0.29) is 35.5 Å². The van der Waals surface area contributed by atoms with Crippen molar-refractivity contribution in [1.82, 2.24) is 10.2 Å². The Morgan fingerprint density at radius 1 is 1.26 bits per heavy atom. The highest BCUT2D eigenvalue weighted by Gasteiger charge is 2.38. The van der Waals surface area contributed by atoms with Gasteiger partial charge in [0.1, 0.15) is 0 Å². The van der Waals surface area contributed by atoms with Gasteiger partial charge in [-0.2, -0.15) is 0 Å². The smallest absolute Gasteiger partial charge is 0.244 e. The van der Waals surface area contributed by atoms with Crippen LogP contribution >= 0.6 is 0 Å². The van der Waals surface area contributed by atoms with E-state index in [0.717, 1.165) is 18.4 Å². The summed E-state index contributed by atoms with van der Waals surface area (Å²) >= 11 is 0. The van der Waals surface area contributed by atoms with Gasteiger partial charge in [-0.1, -0.05) is 29.9 Å². The number of rotatable bonds is 10. The van der Waals surface area contributed by atoms with Crippen LogP contribution in [-0.4, -0.2) is 85.3 Å². The van der Waals surface area contributed by atoms with E-state index >= 15 is 0 Å². The van der Waals surface area contributed by atoms with E-state index in [0.29, 0.717) is 19.6 Å². The summed E-state index contributed by atoms with van der Waals surface area (Å²) in [5, 5.41) is 12.5. The zero-order chi connectivity index (χ0) is 26.2. The molecular weight excluding hydrogens is 450 g/mol. The lowest BCUT2D eigenvalue weighted by Gasteiger charge is -2.44. The van der Waals surface area contributed by atoms with Crippen molar-refractivity contribution in [3.8, 4) is 0 Å². The molecule has 2 heterocycles. The first kappa shape index (κ1) is 29.6. The molecule has 0 aromatic carbocycles. The first-order chi connectivity index (χ1) is 16.2. The Kier molecular flexibility index (Phi) is 11.1. The minimum absolute atomic E-state index is 0.00898. The van der Waals surface area contributed by atoms with E-state index in [4.69, 9.17) is 24.7 Å². The molecule has 2 rings (SSSR count). The van der Waals surface area contributed by atoms with Crippen molar-refractivity contribution < 1.29 is 28.8 Å². The van der Waals surface area contributed by atoms with Gasteiger partial charge >= 0.3 is 0 Å². The van der Waals surface area contributed by atoms with E-state index in [1.54, 1.807) is 27.1 Å². The summed E-state index contributed by atoms with van der Waals surface area (Å²) in [7, 11) is 3.39. The number of allylic oxidation sites excluding steroid dienone is 2. The van der Waals surface area contributed by atoms with Crippen LogP contribution in [0.5, 0.6) is 0 Å². The van der Waals surface area contributed by atoms with Gasteiger partial charge < -0.3 is 35.1 Å². The summed E-state index contributed by atoms with van der Waals surface area (Å²) in [5.74, 6) is -0.266. The second kappa shape index (κ2) is 13.1. The fourth-order valence-electron chi connectivity index (χ4n) is 4.31.